The van der Waals surface area contributed by atoms with Crippen molar-refractivity contribution in [2.24, 2.45) is 0 Å². The lowest BCUT2D eigenvalue weighted by molar-refractivity contribution is 0.104. The van der Waals surface area contributed by atoms with Crippen LogP contribution in [-0.2, 0) is 0 Å². The minimum absolute atomic E-state index is 1.11. The van der Waals surface area contributed by atoms with Crippen LogP contribution in [0.4, 0.5) is 0 Å². The van der Waals surface area contributed by atoms with Crippen LogP contribution in [0.1, 0.15) is 394 Å². The molecule has 1 aliphatic heterocycles. The monoisotopic (exact) mass is 1300 g/mol. The van der Waals surface area contributed by atoms with E-state index in [1.807, 2.05) is 0 Å². The van der Waals surface area contributed by atoms with Gasteiger partial charge in [0, 0.05) is 65.4 Å². The highest BCUT2D eigenvalue weighted by molar-refractivity contribution is 4.94. The van der Waals surface area contributed by atoms with E-state index >= 15 is 0 Å². The summed E-state index contributed by atoms with van der Waals surface area (Å²) in [6, 6.07) is 0. The minimum Gasteiger partial charge on any atom is -0.302 e. The average molecular weight is 1300 g/mol. The third-order valence-corrected chi connectivity index (χ3v) is 20.3. The highest BCUT2D eigenvalue weighted by atomic mass is 15.3. The van der Waals surface area contributed by atoms with Crippen molar-refractivity contribution in [1.29, 1.82) is 0 Å². The number of unbranched alkanes of at least 4 members (excludes halogenated alkanes) is 45. The Kier molecular flexibility index (Phi) is 74.5. The van der Waals surface area contributed by atoms with Gasteiger partial charge in [0.2, 0.25) is 0 Å². The van der Waals surface area contributed by atoms with Crippen molar-refractivity contribution < 1.29 is 0 Å². The first kappa shape index (κ1) is 89.3. The second kappa shape index (κ2) is 77.6. The fourth-order valence-electron chi connectivity index (χ4n) is 13.7. The van der Waals surface area contributed by atoms with Crippen LogP contribution in [0, 0.1) is 0 Å². The summed E-state index contributed by atoms with van der Waals surface area (Å²) in [7, 11) is 0. The van der Waals surface area contributed by atoms with Gasteiger partial charge < -0.3 is 14.7 Å². The van der Waals surface area contributed by atoms with E-state index in [2.05, 4.69) is 132 Å². The van der Waals surface area contributed by atoms with Crippen LogP contribution in [0.15, 0.2) is 72.9 Å². The summed E-state index contributed by atoms with van der Waals surface area (Å²) in [6.07, 6.45) is 105. The van der Waals surface area contributed by atoms with Gasteiger partial charge in [-0.3, -0.25) is 9.80 Å². The largest absolute Gasteiger partial charge is 0.302 e. The molecule has 0 unspecified atom stereocenters. The Bertz CT molecular complexity index is 1520. The predicted octanol–water partition coefficient (Wildman–Crippen LogP) is 26.8. The van der Waals surface area contributed by atoms with E-state index in [9.17, 15) is 0 Å². The molecule has 1 saturated heterocycles. The molecule has 546 valence electrons. The highest BCUT2D eigenvalue weighted by Gasteiger charge is 2.19. The topological polar surface area (TPSA) is 16.2 Å². The molecule has 1 rings (SSSR count). The minimum atomic E-state index is 1.11. The lowest BCUT2D eigenvalue weighted by atomic mass is 10.1. The number of hydrogen-bond donors (Lipinski definition) is 0. The fraction of sp³-hybridized carbons (Fsp3) is 0.864. The van der Waals surface area contributed by atoms with Crippen LogP contribution < -0.4 is 0 Å². The van der Waals surface area contributed by atoms with E-state index in [-0.39, 0.29) is 0 Å². The van der Waals surface area contributed by atoms with Gasteiger partial charge in [-0.15, -0.1) is 0 Å². The molecule has 1 aliphatic rings. The van der Waals surface area contributed by atoms with Crippen molar-refractivity contribution in [3.8, 4) is 0 Å². The smallest absolute Gasteiger partial charge is 0.0110 e. The zero-order chi connectivity index (χ0) is 66.6. The Morgan fingerprint density at radius 2 is 0.355 bits per heavy atom. The van der Waals surface area contributed by atoms with Gasteiger partial charge in [0.15, 0.2) is 0 Å². The highest BCUT2D eigenvalue weighted by Crippen LogP contribution is 2.17. The first-order valence-corrected chi connectivity index (χ1v) is 42.7. The van der Waals surface area contributed by atoms with Gasteiger partial charge in [-0.05, 0) is 161 Å². The molecule has 0 atom stereocenters. The molecule has 0 bridgehead atoms. The molecule has 0 saturated carbocycles. The van der Waals surface area contributed by atoms with Crippen LogP contribution in [0.2, 0.25) is 0 Å². The predicted molar refractivity (Wildman–Crippen MR) is 424 cm³/mol. The van der Waals surface area contributed by atoms with Gasteiger partial charge in [0.05, 0.1) is 0 Å². The van der Waals surface area contributed by atoms with E-state index in [1.54, 1.807) is 0 Å². The Labute approximate surface area is 586 Å². The summed E-state index contributed by atoms with van der Waals surface area (Å²) in [5.74, 6) is 0. The quantitative estimate of drug-likeness (QED) is 0.0444. The maximum Gasteiger partial charge on any atom is 0.0110 e. The molecular weight excluding hydrogens is 1130 g/mol. The molecule has 5 heteroatoms. The van der Waals surface area contributed by atoms with Crippen molar-refractivity contribution >= 4 is 0 Å². The maximum atomic E-state index is 2.93. The number of allylic oxidation sites excluding steroid dienone is 12. The Morgan fingerprint density at radius 1 is 0.183 bits per heavy atom. The molecule has 0 amide bonds. The molecule has 1 fully saturated rings. The van der Waals surface area contributed by atoms with Gasteiger partial charge in [-0.2, -0.15) is 0 Å². The first-order valence-electron chi connectivity index (χ1n) is 42.7. The Hall–Kier alpha value is -1.76. The Morgan fingerprint density at radius 3 is 0.591 bits per heavy atom. The van der Waals surface area contributed by atoms with Crippen molar-refractivity contribution in [3.63, 3.8) is 0 Å². The van der Waals surface area contributed by atoms with E-state index in [0.717, 1.165) is 19.3 Å². The molecule has 0 radical (unpaired) electrons. The summed E-state index contributed by atoms with van der Waals surface area (Å²) in [6.45, 7) is 30.6. The van der Waals surface area contributed by atoms with Crippen molar-refractivity contribution in [1.82, 2.24) is 24.5 Å². The van der Waals surface area contributed by atoms with Gasteiger partial charge in [0.25, 0.3) is 0 Å². The average Bonchev–Trinajstić information content (AvgIpc) is 3.37. The molecular formula is C88H169N5. The second-order valence-corrected chi connectivity index (χ2v) is 29.3. The van der Waals surface area contributed by atoms with E-state index in [0.29, 0.717) is 0 Å². The molecule has 0 spiro atoms. The van der Waals surface area contributed by atoms with Gasteiger partial charge in [-0.25, -0.2) is 0 Å². The fourth-order valence-corrected chi connectivity index (χ4v) is 13.7. The van der Waals surface area contributed by atoms with Crippen LogP contribution in [0.5, 0.6) is 0 Å². The number of rotatable bonds is 76. The van der Waals surface area contributed by atoms with Crippen molar-refractivity contribution in [3.05, 3.63) is 72.9 Å². The molecule has 0 aliphatic carbocycles. The molecule has 93 heavy (non-hydrogen) atoms. The molecule has 0 aromatic carbocycles. The molecule has 0 aromatic rings. The van der Waals surface area contributed by atoms with Crippen LogP contribution in [0.25, 0.3) is 0 Å². The normalized spacial score (nSPS) is 13.9. The van der Waals surface area contributed by atoms with Crippen molar-refractivity contribution in [2.45, 2.75) is 394 Å². The van der Waals surface area contributed by atoms with Gasteiger partial charge in [0.1, 0.15) is 0 Å². The first-order chi connectivity index (χ1) is 46.2. The zero-order valence-electron chi connectivity index (χ0n) is 64.4. The number of nitrogens with zero attached hydrogens (tertiary/aromatic N) is 5. The third-order valence-electron chi connectivity index (χ3n) is 20.3. The molecule has 5 nitrogen and oxygen atoms in total. The SMILES string of the molecule is CCCCC/C=C\C/C=C\CCCCCCCCN(CCCCCCCC/C=C\C/C=C\CCCCC)CCN(CCCCCCCC/C=C\C/C=C\CCCCC)CCN1CCN(CCN(CCCCCCCCCCCC)CCCCCCCCCCCC)CC1. The van der Waals surface area contributed by atoms with E-state index in [4.69, 9.17) is 0 Å². The molecule has 0 N–H and O–H groups in total. The van der Waals surface area contributed by atoms with Crippen molar-refractivity contribution in [2.75, 3.05) is 98.2 Å². The lowest BCUT2D eigenvalue weighted by Crippen LogP contribution is -2.50. The molecule has 1 heterocycles. The van der Waals surface area contributed by atoms with E-state index in [1.165, 1.54) is 438 Å². The summed E-state index contributed by atoms with van der Waals surface area (Å²) in [5, 5.41) is 0. The van der Waals surface area contributed by atoms with E-state index < -0.39 is 0 Å². The second-order valence-electron chi connectivity index (χ2n) is 29.3. The summed E-state index contributed by atoms with van der Waals surface area (Å²) < 4.78 is 0. The number of hydrogen-bond acceptors (Lipinski definition) is 5. The van der Waals surface area contributed by atoms with Crippen LogP contribution >= 0.6 is 0 Å². The number of piperazine rings is 1. The Balaban J connectivity index is 2.86. The standard InChI is InChI=1S/C88H169N5/c1-6-11-16-21-26-31-36-39-42-45-48-51-56-61-66-69-74-89(75-70-67-62-57-52-49-46-43-40-37-32-27-22-17-12-7-2)79-81-91(78-73-68-63-58-53-50-47-44-41-38-33-28-23-18-13-8-3)82-84-93-87-85-92(86-88-93)83-80-90(76-71-64-59-54-34-29-24-19-14-9-4)77-72-65-60-55-35-30-25-20-15-10-5/h26-28,31-33,39-44H,6-25,29-30,34-38,45-88H2,1-5H3/b31-26-,32-27-,33-28-,42-39-,43-40-,44-41-. The van der Waals surface area contributed by atoms with Gasteiger partial charge >= 0.3 is 0 Å². The third kappa shape index (κ3) is 68.6. The lowest BCUT2D eigenvalue weighted by Gasteiger charge is -2.37. The zero-order valence-corrected chi connectivity index (χ0v) is 64.4. The summed E-state index contributed by atoms with van der Waals surface area (Å²) >= 11 is 0. The maximum absolute atomic E-state index is 2.93. The van der Waals surface area contributed by atoms with Crippen LogP contribution in [-0.4, -0.2) is 123 Å². The summed E-state index contributed by atoms with van der Waals surface area (Å²) in [5.41, 5.74) is 0. The summed E-state index contributed by atoms with van der Waals surface area (Å²) in [4.78, 5) is 14.4. The van der Waals surface area contributed by atoms with Gasteiger partial charge in [-0.1, -0.05) is 339 Å². The molecule has 0 aromatic heterocycles. The van der Waals surface area contributed by atoms with Crippen LogP contribution in [0.3, 0.4) is 0 Å².